The van der Waals surface area contributed by atoms with Crippen molar-refractivity contribution in [3.8, 4) is 22.8 Å². The van der Waals surface area contributed by atoms with Crippen LogP contribution in [0.3, 0.4) is 0 Å². The Labute approximate surface area is 154 Å². The van der Waals surface area contributed by atoms with Crippen molar-refractivity contribution in [3.05, 3.63) is 59.2 Å². The highest BCUT2D eigenvalue weighted by atomic mass is 32.1. The van der Waals surface area contributed by atoms with Crippen molar-refractivity contribution in [1.29, 1.82) is 0 Å². The molecule has 1 heterocycles. The fraction of sp³-hybridized carbons (Fsp3) is 0.158. The normalized spacial score (nSPS) is 10.4. The molecule has 0 saturated heterocycles. The van der Waals surface area contributed by atoms with Gasteiger partial charge in [-0.25, -0.2) is 9.37 Å². The second-order valence-electron chi connectivity index (χ2n) is 5.42. The number of para-hydroxylation sites is 1. The summed E-state index contributed by atoms with van der Waals surface area (Å²) in [6.45, 7) is 0. The second kappa shape index (κ2) is 7.97. The van der Waals surface area contributed by atoms with Crippen molar-refractivity contribution in [2.24, 2.45) is 0 Å². The fourth-order valence-corrected chi connectivity index (χ4v) is 3.21. The van der Waals surface area contributed by atoms with Crippen molar-refractivity contribution >= 4 is 22.4 Å². The minimum Gasteiger partial charge on any atom is -0.496 e. The van der Waals surface area contributed by atoms with E-state index in [0.29, 0.717) is 22.1 Å². The largest absolute Gasteiger partial charge is 0.496 e. The third-order valence-corrected chi connectivity index (χ3v) is 4.50. The lowest BCUT2D eigenvalue weighted by atomic mass is 10.1. The molecule has 1 aromatic heterocycles. The summed E-state index contributed by atoms with van der Waals surface area (Å²) in [5.74, 6) is 0.182. The van der Waals surface area contributed by atoms with Crippen LogP contribution in [0.2, 0.25) is 0 Å². The smallest absolute Gasteiger partial charge is 0.230 e. The van der Waals surface area contributed by atoms with Gasteiger partial charge in [-0.2, -0.15) is 0 Å². The lowest BCUT2D eigenvalue weighted by molar-refractivity contribution is -0.115. The quantitative estimate of drug-likeness (QED) is 0.706. The van der Waals surface area contributed by atoms with Gasteiger partial charge < -0.3 is 14.8 Å². The molecule has 7 heteroatoms. The van der Waals surface area contributed by atoms with Crippen LogP contribution in [0.5, 0.6) is 11.5 Å². The summed E-state index contributed by atoms with van der Waals surface area (Å²) >= 11 is 1.28. The zero-order valence-electron chi connectivity index (χ0n) is 14.3. The van der Waals surface area contributed by atoms with Crippen molar-refractivity contribution in [2.75, 3.05) is 19.5 Å². The van der Waals surface area contributed by atoms with E-state index < -0.39 is 5.82 Å². The second-order valence-corrected chi connectivity index (χ2v) is 6.28. The minimum absolute atomic E-state index is 0.175. The van der Waals surface area contributed by atoms with Gasteiger partial charge >= 0.3 is 0 Å². The number of hydrogen-bond acceptors (Lipinski definition) is 5. The predicted molar refractivity (Wildman–Crippen MR) is 99.4 cm³/mol. The van der Waals surface area contributed by atoms with E-state index in [4.69, 9.17) is 9.47 Å². The highest BCUT2D eigenvalue weighted by Crippen LogP contribution is 2.28. The number of methoxy groups -OCH3 is 2. The van der Waals surface area contributed by atoms with Crippen LogP contribution in [0.4, 0.5) is 9.52 Å². The van der Waals surface area contributed by atoms with E-state index >= 15 is 0 Å². The number of halogens is 1. The molecule has 3 aromatic rings. The number of anilines is 1. The van der Waals surface area contributed by atoms with E-state index in [0.717, 1.165) is 5.56 Å². The number of hydrogen-bond donors (Lipinski definition) is 1. The number of aromatic nitrogens is 1. The lowest BCUT2D eigenvalue weighted by Crippen LogP contribution is -2.14. The van der Waals surface area contributed by atoms with Gasteiger partial charge in [-0.3, -0.25) is 4.79 Å². The Bertz CT molecular complexity index is 927. The zero-order chi connectivity index (χ0) is 18.5. The number of benzene rings is 2. The molecule has 26 heavy (non-hydrogen) atoms. The molecule has 0 radical (unpaired) electrons. The summed E-state index contributed by atoms with van der Waals surface area (Å²) in [7, 11) is 2.98. The Morgan fingerprint density at radius 3 is 2.65 bits per heavy atom. The summed E-state index contributed by atoms with van der Waals surface area (Å²) in [6, 6.07) is 12.0. The Kier molecular flexibility index (Phi) is 5.48. The van der Waals surface area contributed by atoms with Crippen LogP contribution < -0.4 is 14.8 Å². The number of ether oxygens (including phenoxy) is 2. The van der Waals surface area contributed by atoms with Gasteiger partial charge in [0.05, 0.1) is 26.3 Å². The highest BCUT2D eigenvalue weighted by Gasteiger charge is 2.12. The van der Waals surface area contributed by atoms with E-state index in [2.05, 4.69) is 10.3 Å². The van der Waals surface area contributed by atoms with Gasteiger partial charge in [0.15, 0.2) is 16.7 Å². The van der Waals surface area contributed by atoms with Crippen molar-refractivity contribution in [1.82, 2.24) is 4.98 Å². The van der Waals surface area contributed by atoms with Gasteiger partial charge in [-0.15, -0.1) is 11.3 Å². The Balaban J connectivity index is 1.70. The molecule has 0 aliphatic rings. The van der Waals surface area contributed by atoms with Gasteiger partial charge in [0.2, 0.25) is 5.91 Å². The number of nitrogens with one attached hydrogen (secondary N) is 1. The van der Waals surface area contributed by atoms with Gasteiger partial charge in [0.25, 0.3) is 0 Å². The molecule has 5 nitrogen and oxygen atoms in total. The zero-order valence-corrected chi connectivity index (χ0v) is 15.1. The molecule has 0 aliphatic heterocycles. The minimum atomic E-state index is -0.459. The van der Waals surface area contributed by atoms with Crippen LogP contribution in [0, 0.1) is 5.82 Å². The fourth-order valence-electron chi connectivity index (χ4n) is 2.47. The molecule has 1 N–H and O–H groups in total. The summed E-state index contributed by atoms with van der Waals surface area (Å²) in [4.78, 5) is 16.6. The van der Waals surface area contributed by atoms with Gasteiger partial charge in [-0.05, 0) is 24.3 Å². The topological polar surface area (TPSA) is 60.5 Å². The maximum absolute atomic E-state index is 13.8. The van der Waals surface area contributed by atoms with E-state index in [1.54, 1.807) is 24.6 Å². The van der Waals surface area contributed by atoms with Crippen LogP contribution in [-0.2, 0) is 11.2 Å². The molecule has 0 spiro atoms. The highest BCUT2D eigenvalue weighted by molar-refractivity contribution is 7.14. The SMILES string of the molecule is COc1ccc(-c2csc(NC(=O)Cc3ccccc3OC)n2)cc1F. The number of thiazole rings is 1. The van der Waals surface area contributed by atoms with E-state index in [9.17, 15) is 9.18 Å². The monoisotopic (exact) mass is 372 g/mol. The summed E-state index contributed by atoms with van der Waals surface area (Å²) < 4.78 is 24.0. The number of carbonyl (C=O) groups excluding carboxylic acids is 1. The first-order chi connectivity index (χ1) is 12.6. The van der Waals surface area contributed by atoms with Gasteiger partial charge in [-0.1, -0.05) is 18.2 Å². The molecule has 0 atom stereocenters. The summed E-state index contributed by atoms with van der Waals surface area (Å²) in [5, 5.41) is 4.98. The first-order valence-electron chi connectivity index (χ1n) is 7.82. The molecule has 3 rings (SSSR count). The van der Waals surface area contributed by atoms with Crippen LogP contribution in [-0.4, -0.2) is 25.1 Å². The maximum Gasteiger partial charge on any atom is 0.230 e. The lowest BCUT2D eigenvalue weighted by Gasteiger charge is -2.07. The molecular formula is C19H17FN2O3S. The first-order valence-corrected chi connectivity index (χ1v) is 8.70. The van der Waals surface area contributed by atoms with Crippen LogP contribution >= 0.6 is 11.3 Å². The van der Waals surface area contributed by atoms with E-state index in [1.807, 2.05) is 24.3 Å². The number of rotatable bonds is 6. The molecule has 0 unspecified atom stereocenters. The molecule has 2 aromatic carbocycles. The van der Waals surface area contributed by atoms with E-state index in [1.165, 1.54) is 24.5 Å². The molecule has 0 bridgehead atoms. The van der Waals surface area contributed by atoms with Crippen molar-refractivity contribution in [2.45, 2.75) is 6.42 Å². The molecule has 0 aliphatic carbocycles. The van der Waals surface area contributed by atoms with Crippen molar-refractivity contribution < 1.29 is 18.7 Å². The van der Waals surface area contributed by atoms with Crippen LogP contribution in [0.1, 0.15) is 5.56 Å². The Morgan fingerprint density at radius 1 is 1.15 bits per heavy atom. The van der Waals surface area contributed by atoms with Crippen molar-refractivity contribution in [3.63, 3.8) is 0 Å². The Hall–Kier alpha value is -2.93. The maximum atomic E-state index is 13.8. The average Bonchev–Trinajstić information content (AvgIpc) is 3.10. The number of carbonyl (C=O) groups is 1. The van der Waals surface area contributed by atoms with Gasteiger partial charge in [0.1, 0.15) is 5.75 Å². The molecule has 1 amide bonds. The molecule has 0 saturated carbocycles. The summed E-state index contributed by atoms with van der Waals surface area (Å²) in [5.41, 5.74) is 2.00. The summed E-state index contributed by atoms with van der Waals surface area (Å²) in [6.07, 6.45) is 0.177. The standard InChI is InChI=1S/C19H17FN2O3S/c1-24-16-6-4-3-5-13(16)10-18(23)22-19-21-15(11-26-19)12-7-8-17(25-2)14(20)9-12/h3-9,11H,10H2,1-2H3,(H,21,22,23). The third-order valence-electron chi connectivity index (χ3n) is 3.74. The van der Waals surface area contributed by atoms with Crippen LogP contribution in [0.15, 0.2) is 47.8 Å². The Morgan fingerprint density at radius 2 is 1.92 bits per heavy atom. The molecular weight excluding hydrogens is 355 g/mol. The molecule has 134 valence electrons. The number of amides is 1. The van der Waals surface area contributed by atoms with E-state index in [-0.39, 0.29) is 18.1 Å². The molecule has 0 fully saturated rings. The third kappa shape index (κ3) is 4.00. The number of nitrogens with zero attached hydrogens (tertiary/aromatic N) is 1. The van der Waals surface area contributed by atoms with Gasteiger partial charge in [0, 0.05) is 16.5 Å². The average molecular weight is 372 g/mol. The van der Waals surface area contributed by atoms with Crippen LogP contribution in [0.25, 0.3) is 11.3 Å². The predicted octanol–water partition coefficient (Wildman–Crippen LogP) is 4.15. The first kappa shape index (κ1) is 17.9.